The molecule has 0 saturated carbocycles. The van der Waals surface area contributed by atoms with Crippen molar-refractivity contribution in [2.45, 2.75) is 13.8 Å². The Hall–Kier alpha value is -4.34. The highest BCUT2D eigenvalue weighted by Crippen LogP contribution is 2.20. The summed E-state index contributed by atoms with van der Waals surface area (Å²) in [5.41, 5.74) is 4.25. The van der Waals surface area contributed by atoms with Gasteiger partial charge in [0.2, 0.25) is 11.8 Å². The van der Waals surface area contributed by atoms with E-state index in [1.807, 2.05) is 6.92 Å². The van der Waals surface area contributed by atoms with Crippen LogP contribution in [-0.2, 0) is 14.4 Å². The Kier molecular flexibility index (Phi) is 6.20. The summed E-state index contributed by atoms with van der Waals surface area (Å²) in [5, 5.41) is 8.38. The van der Waals surface area contributed by atoms with Gasteiger partial charge in [-0.15, -0.1) is 0 Å². The van der Waals surface area contributed by atoms with E-state index in [4.69, 9.17) is 0 Å². The highest BCUT2D eigenvalue weighted by molar-refractivity contribution is 6.32. The van der Waals surface area contributed by atoms with E-state index >= 15 is 0 Å². The fraction of sp³-hybridized carbons (Fsp3) is 0.143. The highest BCUT2D eigenvalue weighted by atomic mass is 16.2. The Bertz CT molecular complexity index is 1080. The van der Waals surface area contributed by atoms with Crippen molar-refractivity contribution < 1.29 is 24.0 Å². The molecule has 1 fully saturated rings. The minimum atomic E-state index is -1.39. The Morgan fingerprint density at radius 3 is 2.29 bits per heavy atom. The van der Waals surface area contributed by atoms with Crippen LogP contribution in [0.1, 0.15) is 22.8 Å². The van der Waals surface area contributed by atoms with Crippen LogP contribution in [-0.4, -0.2) is 35.9 Å². The van der Waals surface area contributed by atoms with E-state index in [1.165, 1.54) is 19.1 Å². The van der Waals surface area contributed by atoms with Crippen LogP contribution in [0.2, 0.25) is 0 Å². The third-order valence-electron chi connectivity index (χ3n) is 4.35. The standard InChI is InChI=1S/C21H19N5O5/c1-12-3-9-16(10-4-12)26-20(30)17(19(29)24-21(26)31)11-22-25-18(28)14-5-7-15(8-6-14)23-13(2)27/h3-11,17H,1-2H3,(H,23,27)(H,25,28)(H,24,29,31)/b22-11-/t17-/m0/s1. The van der Waals surface area contributed by atoms with Gasteiger partial charge in [-0.05, 0) is 43.3 Å². The molecule has 3 rings (SSSR count). The lowest BCUT2D eigenvalue weighted by molar-refractivity contribution is -0.131. The first-order chi connectivity index (χ1) is 14.8. The summed E-state index contributed by atoms with van der Waals surface area (Å²) in [5.74, 6) is -3.83. The fourth-order valence-electron chi connectivity index (χ4n) is 2.80. The Balaban J connectivity index is 1.68. The molecule has 1 aliphatic heterocycles. The molecule has 0 spiro atoms. The average Bonchev–Trinajstić information content (AvgIpc) is 2.71. The SMILES string of the molecule is CC(=O)Nc1ccc(C(=O)N/N=C\[C@H]2C(=O)NC(=O)N(c3ccc(C)cc3)C2=O)cc1. The molecule has 2 aromatic carbocycles. The van der Waals surface area contributed by atoms with Crippen molar-refractivity contribution in [3.05, 3.63) is 59.7 Å². The predicted molar refractivity (Wildman–Crippen MR) is 112 cm³/mol. The van der Waals surface area contributed by atoms with Crippen molar-refractivity contribution in [2.24, 2.45) is 11.0 Å². The summed E-state index contributed by atoms with van der Waals surface area (Å²) >= 11 is 0. The maximum Gasteiger partial charge on any atom is 0.335 e. The number of hydrogen-bond acceptors (Lipinski definition) is 6. The summed E-state index contributed by atoms with van der Waals surface area (Å²) in [6.07, 6.45) is 0.967. The average molecular weight is 421 g/mol. The molecule has 1 atom stereocenters. The van der Waals surface area contributed by atoms with Crippen LogP contribution >= 0.6 is 0 Å². The molecule has 158 valence electrons. The number of hydrogen-bond donors (Lipinski definition) is 3. The van der Waals surface area contributed by atoms with Gasteiger partial charge in [-0.25, -0.2) is 15.1 Å². The third kappa shape index (κ3) is 4.99. The molecule has 0 bridgehead atoms. The molecule has 10 nitrogen and oxygen atoms in total. The van der Waals surface area contributed by atoms with Gasteiger partial charge in [-0.1, -0.05) is 17.7 Å². The summed E-state index contributed by atoms with van der Waals surface area (Å²) in [7, 11) is 0. The maximum atomic E-state index is 12.7. The molecule has 6 amide bonds. The molecule has 0 aliphatic carbocycles. The first-order valence-electron chi connectivity index (χ1n) is 9.23. The molecule has 0 aromatic heterocycles. The predicted octanol–water partition coefficient (Wildman–Crippen LogP) is 1.57. The zero-order valence-corrected chi connectivity index (χ0v) is 16.7. The summed E-state index contributed by atoms with van der Waals surface area (Å²) in [6.45, 7) is 3.22. The molecule has 10 heteroatoms. The van der Waals surface area contributed by atoms with Crippen molar-refractivity contribution in [1.29, 1.82) is 0 Å². The van der Waals surface area contributed by atoms with Crippen LogP contribution in [0, 0.1) is 12.8 Å². The van der Waals surface area contributed by atoms with Gasteiger partial charge in [0.15, 0.2) is 5.92 Å². The Morgan fingerprint density at radius 1 is 1.03 bits per heavy atom. The van der Waals surface area contributed by atoms with Crippen LogP contribution in [0.4, 0.5) is 16.2 Å². The van der Waals surface area contributed by atoms with Crippen LogP contribution < -0.4 is 21.0 Å². The van der Waals surface area contributed by atoms with E-state index in [0.717, 1.165) is 16.7 Å². The summed E-state index contributed by atoms with van der Waals surface area (Å²) < 4.78 is 0. The van der Waals surface area contributed by atoms with Crippen LogP contribution in [0.5, 0.6) is 0 Å². The van der Waals surface area contributed by atoms with Crippen LogP contribution in [0.25, 0.3) is 0 Å². The first kappa shape index (κ1) is 21.4. The quantitative estimate of drug-likeness (QED) is 0.382. The van der Waals surface area contributed by atoms with Crippen molar-refractivity contribution in [2.75, 3.05) is 10.2 Å². The van der Waals surface area contributed by atoms with Gasteiger partial charge in [0.05, 0.1) is 5.69 Å². The monoisotopic (exact) mass is 421 g/mol. The topological polar surface area (TPSA) is 137 Å². The lowest BCUT2D eigenvalue weighted by Crippen LogP contribution is -2.58. The zero-order valence-electron chi connectivity index (χ0n) is 16.7. The third-order valence-corrected chi connectivity index (χ3v) is 4.35. The van der Waals surface area contributed by atoms with Crippen molar-refractivity contribution in [1.82, 2.24) is 10.7 Å². The normalized spacial score (nSPS) is 16.3. The second-order valence-electron chi connectivity index (χ2n) is 6.76. The van der Waals surface area contributed by atoms with Crippen molar-refractivity contribution in [3.63, 3.8) is 0 Å². The Labute approximate surface area is 177 Å². The van der Waals surface area contributed by atoms with E-state index in [2.05, 4.69) is 21.2 Å². The lowest BCUT2D eigenvalue weighted by atomic mass is 10.1. The van der Waals surface area contributed by atoms with Gasteiger partial charge in [0.1, 0.15) is 0 Å². The number of carbonyl (C=O) groups excluding carboxylic acids is 5. The van der Waals surface area contributed by atoms with Crippen molar-refractivity contribution in [3.8, 4) is 0 Å². The Morgan fingerprint density at radius 2 is 1.68 bits per heavy atom. The molecule has 1 aliphatic rings. The number of carbonyl (C=O) groups is 5. The number of nitrogens with zero attached hydrogens (tertiary/aromatic N) is 2. The molecular formula is C21H19N5O5. The molecule has 1 saturated heterocycles. The molecular weight excluding hydrogens is 402 g/mol. The largest absolute Gasteiger partial charge is 0.335 e. The number of barbiturate groups is 1. The minimum absolute atomic E-state index is 0.240. The first-order valence-corrected chi connectivity index (χ1v) is 9.23. The van der Waals surface area contributed by atoms with E-state index in [1.54, 1.807) is 36.4 Å². The number of anilines is 2. The van der Waals surface area contributed by atoms with Gasteiger partial charge < -0.3 is 5.32 Å². The molecule has 0 radical (unpaired) electrons. The molecule has 3 N–H and O–H groups in total. The minimum Gasteiger partial charge on any atom is -0.326 e. The number of nitrogens with one attached hydrogen (secondary N) is 3. The number of imide groups is 2. The van der Waals surface area contributed by atoms with E-state index in [9.17, 15) is 24.0 Å². The molecule has 0 unspecified atom stereocenters. The van der Waals surface area contributed by atoms with E-state index in [-0.39, 0.29) is 11.5 Å². The van der Waals surface area contributed by atoms with Crippen LogP contribution in [0.15, 0.2) is 53.6 Å². The van der Waals surface area contributed by atoms with Gasteiger partial charge in [0.25, 0.3) is 11.8 Å². The molecule has 2 aromatic rings. The number of aryl methyl sites for hydroxylation is 1. The smallest absolute Gasteiger partial charge is 0.326 e. The van der Waals surface area contributed by atoms with E-state index < -0.39 is 29.7 Å². The summed E-state index contributed by atoms with van der Waals surface area (Å²) in [4.78, 5) is 61.0. The highest BCUT2D eigenvalue weighted by Gasteiger charge is 2.40. The molecule has 1 heterocycles. The second kappa shape index (κ2) is 8.99. The van der Waals surface area contributed by atoms with Gasteiger partial charge in [0, 0.05) is 24.4 Å². The van der Waals surface area contributed by atoms with Gasteiger partial charge in [-0.3, -0.25) is 24.5 Å². The molecule has 31 heavy (non-hydrogen) atoms. The van der Waals surface area contributed by atoms with Crippen LogP contribution in [0.3, 0.4) is 0 Å². The maximum absolute atomic E-state index is 12.7. The van der Waals surface area contributed by atoms with Gasteiger partial charge in [-0.2, -0.15) is 5.10 Å². The van der Waals surface area contributed by atoms with Crippen molar-refractivity contribution >= 4 is 47.2 Å². The number of hydrazone groups is 1. The number of benzene rings is 2. The van der Waals surface area contributed by atoms with Gasteiger partial charge >= 0.3 is 6.03 Å². The number of urea groups is 1. The second-order valence-corrected chi connectivity index (χ2v) is 6.76. The summed E-state index contributed by atoms with van der Waals surface area (Å²) in [6, 6.07) is 11.8. The number of rotatable bonds is 5. The fourth-order valence-corrected chi connectivity index (χ4v) is 2.80. The number of amides is 6. The lowest BCUT2D eigenvalue weighted by Gasteiger charge is -2.28. The van der Waals surface area contributed by atoms with E-state index in [0.29, 0.717) is 11.4 Å². The zero-order chi connectivity index (χ0) is 22.5.